The van der Waals surface area contributed by atoms with Gasteiger partial charge in [0.2, 0.25) is 11.8 Å². The van der Waals surface area contributed by atoms with Gasteiger partial charge in [0.05, 0.1) is 16.8 Å². The Morgan fingerprint density at radius 3 is 2.50 bits per heavy atom. The fourth-order valence-corrected chi connectivity index (χ4v) is 6.22. The first-order valence-electron chi connectivity index (χ1n) is 12.3. The van der Waals surface area contributed by atoms with Gasteiger partial charge in [-0.05, 0) is 69.7 Å². The fourth-order valence-electron chi connectivity index (χ4n) is 5.96. The zero-order chi connectivity index (χ0) is 28.7. The number of fused-ring (bicyclic) bond motifs is 3. The number of esters is 1. The summed E-state index contributed by atoms with van der Waals surface area (Å²) in [6.07, 6.45) is 1.91. The molecule has 40 heavy (non-hydrogen) atoms. The number of hydrogen-bond acceptors (Lipinski definition) is 8. The summed E-state index contributed by atoms with van der Waals surface area (Å²) < 4.78 is 17.7. The normalized spacial score (nSPS) is 19.9. The molecule has 4 heterocycles. The van der Waals surface area contributed by atoms with Crippen molar-refractivity contribution in [3.63, 3.8) is 0 Å². The Labute approximate surface area is 237 Å². The highest BCUT2D eigenvalue weighted by molar-refractivity contribution is 9.10. The zero-order valence-electron chi connectivity index (χ0n) is 21.9. The third-order valence-corrected chi connectivity index (χ3v) is 7.99. The maximum Gasteiger partial charge on any atom is 0.344 e. The van der Waals surface area contributed by atoms with Crippen LogP contribution in [-0.2, 0) is 10.2 Å². The van der Waals surface area contributed by atoms with E-state index >= 15 is 0 Å². The highest BCUT2D eigenvalue weighted by Gasteiger charge is 2.64. The minimum absolute atomic E-state index is 0.0203. The lowest BCUT2D eigenvalue weighted by molar-refractivity contribution is -0.121. The first-order chi connectivity index (χ1) is 18.9. The van der Waals surface area contributed by atoms with Gasteiger partial charge in [-0.15, -0.1) is 0 Å². The maximum absolute atomic E-state index is 14.7. The molecule has 6 rings (SSSR count). The lowest BCUT2D eigenvalue weighted by Crippen LogP contribution is -2.54. The number of anilines is 1. The van der Waals surface area contributed by atoms with Crippen LogP contribution in [0.1, 0.15) is 53.6 Å². The van der Waals surface area contributed by atoms with Crippen molar-refractivity contribution in [2.75, 3.05) is 4.90 Å². The molecule has 200 valence electrons. The van der Waals surface area contributed by atoms with Crippen LogP contribution in [0.25, 0.3) is 5.57 Å². The number of halogens is 1. The van der Waals surface area contributed by atoms with E-state index in [9.17, 15) is 19.6 Å². The number of carbonyl (C=O) groups excluding carboxylic acids is 2. The second kappa shape index (κ2) is 8.44. The number of rotatable bonds is 2. The molecule has 1 spiro atoms. The van der Waals surface area contributed by atoms with E-state index in [1.165, 1.54) is 12.1 Å². The minimum atomic E-state index is -1.99. The number of nitrogens with zero attached hydrogens (tertiary/aromatic N) is 2. The number of carbonyl (C=O) groups is 2. The molecule has 1 atom stereocenters. The summed E-state index contributed by atoms with van der Waals surface area (Å²) in [5.41, 5.74) is 4.70. The summed E-state index contributed by atoms with van der Waals surface area (Å²) in [6.45, 7) is 7.17. The number of hydrogen-bond donors (Lipinski definition) is 1. The van der Waals surface area contributed by atoms with Crippen LogP contribution >= 0.6 is 15.9 Å². The average Bonchev–Trinajstić information content (AvgIpc) is 3.12. The summed E-state index contributed by atoms with van der Waals surface area (Å²) in [4.78, 5) is 42.8. The second-order valence-electron chi connectivity index (χ2n) is 10.5. The Kier molecular flexibility index (Phi) is 5.41. The number of allylic oxidation sites excluding steroid dienone is 1. The molecule has 3 aliphatic rings. The molecule has 0 radical (unpaired) electrons. The summed E-state index contributed by atoms with van der Waals surface area (Å²) in [6, 6.07) is 13.3. The van der Waals surface area contributed by atoms with E-state index in [1.807, 2.05) is 32.9 Å². The molecule has 0 saturated heterocycles. The summed E-state index contributed by atoms with van der Waals surface area (Å²) in [7, 11) is 0. The van der Waals surface area contributed by atoms with E-state index in [-0.39, 0.29) is 39.8 Å². The van der Waals surface area contributed by atoms with Crippen molar-refractivity contribution < 1.29 is 23.5 Å². The van der Waals surface area contributed by atoms with Crippen molar-refractivity contribution in [2.45, 2.75) is 38.6 Å². The molecule has 0 unspecified atom stereocenters. The van der Waals surface area contributed by atoms with Gasteiger partial charge in [0.1, 0.15) is 34.5 Å². The Balaban J connectivity index is 1.68. The maximum atomic E-state index is 14.7. The average molecular weight is 600 g/mol. The van der Waals surface area contributed by atoms with Crippen molar-refractivity contribution >= 4 is 39.1 Å². The summed E-state index contributed by atoms with van der Waals surface area (Å²) >= 11 is 3.35. The van der Waals surface area contributed by atoms with E-state index in [0.29, 0.717) is 16.8 Å². The third-order valence-electron chi connectivity index (χ3n) is 7.46. The lowest BCUT2D eigenvalue weighted by atomic mass is 9.69. The van der Waals surface area contributed by atoms with Crippen molar-refractivity contribution in [1.29, 1.82) is 5.26 Å². The number of nitriles is 1. The van der Waals surface area contributed by atoms with Gasteiger partial charge < -0.3 is 24.5 Å². The van der Waals surface area contributed by atoms with E-state index in [0.717, 1.165) is 10.0 Å². The van der Waals surface area contributed by atoms with E-state index < -0.39 is 28.5 Å². The van der Waals surface area contributed by atoms with Gasteiger partial charge >= 0.3 is 11.6 Å². The first kappa shape index (κ1) is 25.6. The fraction of sp³-hybridized carbons (Fsp3) is 0.200. The van der Waals surface area contributed by atoms with E-state index in [2.05, 4.69) is 15.9 Å². The molecule has 2 aromatic carbocycles. The molecule has 1 amide bonds. The van der Waals surface area contributed by atoms with Crippen LogP contribution in [0.3, 0.4) is 0 Å². The second-order valence-corrected chi connectivity index (χ2v) is 11.4. The number of nitrogens with two attached hydrogens (primary N) is 1. The summed E-state index contributed by atoms with van der Waals surface area (Å²) in [5.74, 6) is -1.09. The zero-order valence-corrected chi connectivity index (χ0v) is 23.5. The van der Waals surface area contributed by atoms with Gasteiger partial charge in [-0.3, -0.25) is 4.79 Å². The molecule has 9 nitrogen and oxygen atoms in total. The van der Waals surface area contributed by atoms with Gasteiger partial charge in [-0.1, -0.05) is 22.0 Å². The Bertz CT molecular complexity index is 1840. The molecular formula is C30H22BrN3O6. The largest absolute Gasteiger partial charge is 0.440 e. The Hall–Kier alpha value is -4.62. The molecule has 0 aliphatic carbocycles. The molecule has 2 N–H and O–H groups in total. The van der Waals surface area contributed by atoms with Crippen LogP contribution in [0, 0.1) is 18.3 Å². The van der Waals surface area contributed by atoms with Crippen LogP contribution in [0.4, 0.5) is 5.69 Å². The number of ether oxygens (including phenoxy) is 2. The van der Waals surface area contributed by atoms with Gasteiger partial charge in [-0.2, -0.15) is 5.26 Å². The highest BCUT2D eigenvalue weighted by Crippen LogP contribution is 2.59. The minimum Gasteiger partial charge on any atom is -0.440 e. The van der Waals surface area contributed by atoms with Crippen LogP contribution in [0.2, 0.25) is 0 Å². The quantitative estimate of drug-likeness (QED) is 0.326. The van der Waals surface area contributed by atoms with Crippen LogP contribution in [0.15, 0.2) is 73.7 Å². The first-order valence-corrected chi connectivity index (χ1v) is 13.1. The van der Waals surface area contributed by atoms with Gasteiger partial charge in [0, 0.05) is 21.7 Å². The Morgan fingerprint density at radius 2 is 1.82 bits per heavy atom. The number of aryl methyl sites for hydroxylation is 1. The van der Waals surface area contributed by atoms with Gasteiger partial charge in [0.25, 0.3) is 0 Å². The van der Waals surface area contributed by atoms with Crippen molar-refractivity contribution in [1.82, 2.24) is 0 Å². The van der Waals surface area contributed by atoms with Crippen LogP contribution < -0.4 is 25.7 Å². The topological polar surface area (TPSA) is 136 Å². The molecule has 10 heteroatoms. The van der Waals surface area contributed by atoms with Crippen LogP contribution in [-0.4, -0.2) is 17.4 Å². The highest BCUT2D eigenvalue weighted by atomic mass is 79.9. The monoisotopic (exact) mass is 599 g/mol. The molecular weight excluding hydrogens is 578 g/mol. The van der Waals surface area contributed by atoms with Crippen molar-refractivity contribution in [3.05, 3.63) is 103 Å². The SMILES string of the molecule is CC1=CC(C)(C)N2C(=O)[C@@]3(C(C#N)=C(N)Oc4cc(C)oc(=O)c43)c3cc(OC(=O)c4ccc(Br)cc4)cc1c32. The summed E-state index contributed by atoms with van der Waals surface area (Å²) in [5, 5.41) is 10.3. The molecule has 3 aromatic rings. The predicted octanol–water partition coefficient (Wildman–Crippen LogP) is 4.84. The lowest BCUT2D eigenvalue weighted by Gasteiger charge is -2.40. The number of amides is 1. The van der Waals surface area contributed by atoms with Gasteiger partial charge in [0.15, 0.2) is 5.41 Å². The standard InChI is InChI=1S/C30H22BrN3O6/c1-14-12-29(3,4)34-24-19(14)10-18(39-26(35)16-5-7-17(31)8-6-16)11-20(24)30(28(34)37)21(13-32)25(33)40-22-9-15(2)38-27(36)23(22)30/h5-12H,33H2,1-4H3/t30-/m1/s1. The molecule has 1 aromatic heterocycles. The third kappa shape index (κ3) is 3.34. The van der Waals surface area contributed by atoms with Gasteiger partial charge in [-0.25, -0.2) is 9.59 Å². The smallest absolute Gasteiger partial charge is 0.344 e. The molecule has 0 saturated carbocycles. The van der Waals surface area contributed by atoms with Crippen molar-refractivity contribution in [2.24, 2.45) is 5.73 Å². The number of benzene rings is 2. The van der Waals surface area contributed by atoms with E-state index in [4.69, 9.17) is 19.6 Å². The molecule has 0 fully saturated rings. The van der Waals surface area contributed by atoms with E-state index in [1.54, 1.807) is 42.2 Å². The predicted molar refractivity (Wildman–Crippen MR) is 149 cm³/mol. The molecule has 0 bridgehead atoms. The molecule has 3 aliphatic heterocycles. The van der Waals surface area contributed by atoms with Crippen LogP contribution in [0.5, 0.6) is 11.5 Å². The van der Waals surface area contributed by atoms with Crippen molar-refractivity contribution in [3.8, 4) is 17.6 Å². The Morgan fingerprint density at radius 1 is 1.12 bits per heavy atom.